The first-order chi connectivity index (χ1) is 37.0. The lowest BCUT2D eigenvalue weighted by molar-refractivity contribution is 0.586. The maximum atomic E-state index is 2.69. The summed E-state index contributed by atoms with van der Waals surface area (Å²) in [7, 11) is 0. The maximum absolute atomic E-state index is 2.69. The molecule has 3 heterocycles. The third-order valence-corrected chi connectivity index (χ3v) is 18.2. The van der Waals surface area contributed by atoms with Crippen LogP contribution in [-0.4, -0.2) is 6.71 Å². The van der Waals surface area contributed by atoms with Crippen molar-refractivity contribution in [3.05, 3.63) is 222 Å². The standard InChI is InChI=1S/C73H63BN2S/c1-44-40-52(33-36-59(44)73(8,9)10)75-62-24-17-25-63-68(62)74(60-37-30-49(41-64(60)75)54-23-15-14-22-53(54)45-18-12-11-13-19-45)70-69(58-43-51(72(5,6)7)32-39-65(58)77-70)76(63)61-38-31-50(71(2,3)4)42-57(61)55-34-28-48-27-26-46-20-16-21-47-29-35-56(55)67(48)66(46)47/h11-43H,1-10H3. The van der Waals surface area contributed by atoms with Crippen LogP contribution in [0.2, 0.25) is 0 Å². The van der Waals surface area contributed by atoms with Gasteiger partial charge in [-0.1, -0.05) is 208 Å². The zero-order valence-corrected chi connectivity index (χ0v) is 46.7. The molecule has 0 radical (unpaired) electrons. The minimum Gasteiger partial charge on any atom is -0.311 e. The molecule has 374 valence electrons. The lowest BCUT2D eigenvalue weighted by Crippen LogP contribution is -2.60. The Balaban J connectivity index is 1.08. The highest BCUT2D eigenvalue weighted by molar-refractivity contribution is 7.33. The molecule has 1 aromatic heterocycles. The fourth-order valence-electron chi connectivity index (χ4n) is 13.2. The Morgan fingerprint density at radius 3 is 1.75 bits per heavy atom. The number of aryl methyl sites for hydroxylation is 1. The third kappa shape index (κ3) is 7.43. The molecule has 0 unspecified atom stereocenters. The third-order valence-electron chi connectivity index (χ3n) is 17.0. The number of hydrogen-bond acceptors (Lipinski definition) is 3. The highest BCUT2D eigenvalue weighted by Gasteiger charge is 2.46. The van der Waals surface area contributed by atoms with E-state index in [9.17, 15) is 0 Å². The number of benzene rings is 11. The Kier molecular flexibility index (Phi) is 10.5. The molecule has 0 N–H and O–H groups in total. The van der Waals surface area contributed by atoms with Crippen molar-refractivity contribution < 1.29 is 0 Å². The van der Waals surface area contributed by atoms with Gasteiger partial charge in [-0.15, -0.1) is 11.3 Å². The normalized spacial score (nSPS) is 13.5. The molecule has 0 aliphatic carbocycles. The molecule has 0 saturated carbocycles. The van der Waals surface area contributed by atoms with Gasteiger partial charge in [-0.25, -0.2) is 0 Å². The summed E-state index contributed by atoms with van der Waals surface area (Å²) in [6, 6.07) is 77.0. The smallest absolute Gasteiger partial charge is 0.264 e. The summed E-state index contributed by atoms with van der Waals surface area (Å²) in [6.07, 6.45) is 0. The van der Waals surface area contributed by atoms with E-state index in [0.717, 1.165) is 0 Å². The second-order valence-corrected chi connectivity index (χ2v) is 26.1. The largest absolute Gasteiger partial charge is 0.311 e. The Morgan fingerprint density at radius 1 is 0.403 bits per heavy atom. The van der Waals surface area contributed by atoms with Gasteiger partial charge in [-0.3, -0.25) is 0 Å². The van der Waals surface area contributed by atoms with Crippen molar-refractivity contribution in [2.75, 3.05) is 9.80 Å². The van der Waals surface area contributed by atoms with Crippen LogP contribution in [0.15, 0.2) is 200 Å². The minimum atomic E-state index is -0.0802. The average Bonchev–Trinajstić information content (AvgIpc) is 4.09. The fourth-order valence-corrected chi connectivity index (χ4v) is 14.5. The molecule has 11 aromatic carbocycles. The Hall–Kier alpha value is -7.92. The highest BCUT2D eigenvalue weighted by atomic mass is 32.1. The molecule has 0 saturated heterocycles. The zero-order chi connectivity index (χ0) is 52.9. The quantitative estimate of drug-likeness (QED) is 0.125. The second-order valence-electron chi connectivity index (χ2n) is 25.0. The van der Waals surface area contributed by atoms with E-state index in [0.29, 0.717) is 0 Å². The number of rotatable bonds is 5. The summed E-state index contributed by atoms with van der Waals surface area (Å²) >= 11 is 1.98. The Morgan fingerprint density at radius 2 is 1.04 bits per heavy atom. The van der Waals surface area contributed by atoms with Crippen molar-refractivity contribution in [1.82, 2.24) is 0 Å². The van der Waals surface area contributed by atoms with E-state index in [4.69, 9.17) is 0 Å². The van der Waals surface area contributed by atoms with Crippen molar-refractivity contribution >= 4 is 110 Å². The van der Waals surface area contributed by atoms with Crippen molar-refractivity contribution in [2.45, 2.75) is 85.5 Å². The van der Waals surface area contributed by atoms with Crippen LogP contribution in [-0.2, 0) is 16.2 Å². The summed E-state index contributed by atoms with van der Waals surface area (Å²) in [5.74, 6) is 0. The number of anilines is 6. The van der Waals surface area contributed by atoms with Crippen LogP contribution < -0.4 is 25.5 Å². The molecule has 2 nitrogen and oxygen atoms in total. The van der Waals surface area contributed by atoms with Gasteiger partial charge in [0.1, 0.15) is 0 Å². The van der Waals surface area contributed by atoms with Gasteiger partial charge in [0.15, 0.2) is 0 Å². The maximum Gasteiger partial charge on any atom is 0.264 e. The highest BCUT2D eigenvalue weighted by Crippen LogP contribution is 2.53. The Labute approximate surface area is 458 Å². The molecular formula is C73H63BN2S. The molecule has 0 fully saturated rings. The first-order valence-corrected chi connectivity index (χ1v) is 28.3. The van der Waals surface area contributed by atoms with Crippen molar-refractivity contribution in [1.29, 1.82) is 0 Å². The lowest BCUT2D eigenvalue weighted by atomic mass is 9.36. The molecule has 0 bridgehead atoms. The SMILES string of the molecule is Cc1cc(N2c3cc(-c4ccccc4-c4ccccc4)ccc3B3c4sc5ccc(C(C)(C)C)cc5c4N(c4ccc(C(C)(C)C)cc4-c4ccc5ccc6cccc7ccc4c5c67)c4cccc2c43)ccc1C(C)(C)C. The molecular weight excluding hydrogens is 948 g/mol. The van der Waals surface area contributed by atoms with Gasteiger partial charge in [0, 0.05) is 43.2 Å². The zero-order valence-electron chi connectivity index (χ0n) is 45.9. The van der Waals surface area contributed by atoms with E-state index < -0.39 is 0 Å². The van der Waals surface area contributed by atoms with Crippen LogP contribution in [0.5, 0.6) is 0 Å². The van der Waals surface area contributed by atoms with Crippen molar-refractivity contribution in [3.8, 4) is 33.4 Å². The van der Waals surface area contributed by atoms with Gasteiger partial charge in [-0.2, -0.15) is 0 Å². The van der Waals surface area contributed by atoms with E-state index in [1.54, 1.807) is 0 Å². The number of thiophene rings is 1. The predicted molar refractivity (Wildman–Crippen MR) is 337 cm³/mol. The molecule has 2 aliphatic heterocycles. The molecule has 77 heavy (non-hydrogen) atoms. The molecule has 14 rings (SSSR count). The molecule has 4 heteroatoms. The fraction of sp³-hybridized carbons (Fsp3) is 0.178. The summed E-state index contributed by atoms with van der Waals surface area (Å²) in [6.45, 7) is 23.3. The monoisotopic (exact) mass is 1010 g/mol. The van der Waals surface area contributed by atoms with Gasteiger partial charge in [0.25, 0.3) is 6.71 Å². The van der Waals surface area contributed by atoms with Crippen LogP contribution >= 0.6 is 11.3 Å². The van der Waals surface area contributed by atoms with Gasteiger partial charge in [0.2, 0.25) is 0 Å². The molecule has 0 amide bonds. The van der Waals surface area contributed by atoms with Crippen molar-refractivity contribution in [2.24, 2.45) is 0 Å². The Bertz CT molecular complexity index is 4350. The van der Waals surface area contributed by atoms with Gasteiger partial charge in [-0.05, 0) is 171 Å². The van der Waals surface area contributed by atoms with Gasteiger partial charge in [0.05, 0.1) is 11.4 Å². The van der Waals surface area contributed by atoms with Crippen LogP contribution in [0.3, 0.4) is 0 Å². The van der Waals surface area contributed by atoms with E-state index in [1.807, 2.05) is 11.3 Å². The molecule has 0 spiro atoms. The van der Waals surface area contributed by atoms with Gasteiger partial charge < -0.3 is 9.80 Å². The second kappa shape index (κ2) is 17.0. The van der Waals surface area contributed by atoms with E-state index in [-0.39, 0.29) is 23.0 Å². The van der Waals surface area contributed by atoms with Crippen molar-refractivity contribution in [3.63, 3.8) is 0 Å². The predicted octanol–water partition coefficient (Wildman–Crippen LogP) is 19.1. The number of hydrogen-bond donors (Lipinski definition) is 0. The topological polar surface area (TPSA) is 6.48 Å². The lowest BCUT2D eigenvalue weighted by Gasteiger charge is -2.44. The molecule has 12 aromatic rings. The van der Waals surface area contributed by atoms with E-state index >= 15 is 0 Å². The van der Waals surface area contributed by atoms with Crippen LogP contribution in [0.4, 0.5) is 34.1 Å². The first kappa shape index (κ1) is 47.5. The van der Waals surface area contributed by atoms with E-state index in [2.05, 4.69) is 279 Å². The van der Waals surface area contributed by atoms with Gasteiger partial charge >= 0.3 is 0 Å². The molecule has 2 aliphatic rings. The summed E-state index contributed by atoms with van der Waals surface area (Å²) in [4.78, 5) is 5.29. The van der Waals surface area contributed by atoms with Crippen LogP contribution in [0, 0.1) is 6.92 Å². The summed E-state index contributed by atoms with van der Waals surface area (Å²) < 4.78 is 2.69. The van der Waals surface area contributed by atoms with Crippen LogP contribution in [0.1, 0.15) is 84.6 Å². The first-order valence-electron chi connectivity index (χ1n) is 27.5. The average molecular weight is 1010 g/mol. The summed E-state index contributed by atoms with van der Waals surface area (Å²) in [5.41, 5.74) is 22.6. The molecule has 0 atom stereocenters. The van der Waals surface area contributed by atoms with Crippen LogP contribution in [0.25, 0.3) is 75.8 Å². The minimum absolute atomic E-state index is 0.00757. The number of fused-ring (bicyclic) bond motifs is 6. The number of nitrogens with zero attached hydrogens (tertiary/aromatic N) is 2. The van der Waals surface area contributed by atoms with E-state index in [1.165, 1.54) is 148 Å². The summed E-state index contributed by atoms with van der Waals surface area (Å²) in [5, 5.41) is 9.11.